The highest BCUT2D eigenvalue weighted by Crippen LogP contribution is 2.22. The molecular formula is C30H33F3N4O4. The van der Waals surface area contributed by atoms with Crippen molar-refractivity contribution in [1.29, 1.82) is 0 Å². The molecule has 0 aromatic carbocycles. The highest BCUT2D eigenvalue weighted by atomic mass is 19.4. The summed E-state index contributed by atoms with van der Waals surface area (Å²) < 4.78 is 33.5. The summed E-state index contributed by atoms with van der Waals surface area (Å²) in [5.41, 5.74) is 3.35. The summed E-state index contributed by atoms with van der Waals surface area (Å²) in [6.07, 6.45) is 17.2. The molecule has 0 saturated carbocycles. The molecule has 1 amide bonds. The fourth-order valence-corrected chi connectivity index (χ4v) is 3.31. The van der Waals surface area contributed by atoms with Gasteiger partial charge in [0.05, 0.1) is 0 Å². The van der Waals surface area contributed by atoms with Crippen LogP contribution in [0.5, 0.6) is 0 Å². The molecule has 218 valence electrons. The first-order valence-electron chi connectivity index (χ1n) is 12.7. The number of carbonyl (C=O) groups excluding carboxylic acids is 3. The van der Waals surface area contributed by atoms with Crippen LogP contribution in [-0.2, 0) is 21.4 Å². The first-order chi connectivity index (χ1) is 19.3. The summed E-state index contributed by atoms with van der Waals surface area (Å²) in [6.45, 7) is 5.31. The predicted octanol–water partition coefficient (Wildman–Crippen LogP) is 2.20. The average molecular weight is 571 g/mol. The van der Waals surface area contributed by atoms with Crippen molar-refractivity contribution in [1.82, 2.24) is 15.5 Å². The quantitative estimate of drug-likeness (QED) is 0.282. The van der Waals surface area contributed by atoms with Crippen molar-refractivity contribution in [3.8, 4) is 0 Å². The Morgan fingerprint density at radius 2 is 1.66 bits per heavy atom. The van der Waals surface area contributed by atoms with E-state index in [-0.39, 0.29) is 11.7 Å². The molecule has 0 bridgehead atoms. The Kier molecular flexibility index (Phi) is 12.2. The van der Waals surface area contributed by atoms with E-state index in [1.807, 2.05) is 84.8 Å². The van der Waals surface area contributed by atoms with Gasteiger partial charge < -0.3 is 25.4 Å². The molecule has 1 aliphatic carbocycles. The minimum Gasteiger partial charge on any atom is -0.542 e. The maximum absolute atomic E-state index is 13.2. The zero-order valence-electron chi connectivity index (χ0n) is 23.2. The minimum absolute atomic E-state index is 0.117. The zero-order chi connectivity index (χ0) is 30.6. The van der Waals surface area contributed by atoms with Gasteiger partial charge >= 0.3 is 6.18 Å². The van der Waals surface area contributed by atoms with Crippen LogP contribution in [0.1, 0.15) is 19.4 Å². The Hall–Kier alpha value is -4.51. The number of alkyl halides is 3. The number of amides is 1. The summed E-state index contributed by atoms with van der Waals surface area (Å²) in [7, 11) is 3.90. The number of carboxylic acids is 1. The van der Waals surface area contributed by atoms with E-state index in [0.29, 0.717) is 35.9 Å². The number of aromatic nitrogens is 1. The molecule has 1 aliphatic heterocycles. The molecule has 0 radical (unpaired) electrons. The second-order valence-corrected chi connectivity index (χ2v) is 9.39. The number of hydrogen-bond acceptors (Lipinski definition) is 6. The number of aliphatic carboxylic acids is 1. The van der Waals surface area contributed by atoms with Gasteiger partial charge in [0.15, 0.2) is 18.2 Å². The third-order valence-corrected chi connectivity index (χ3v) is 5.52. The molecule has 2 heterocycles. The number of pyridine rings is 1. The zero-order valence-corrected chi connectivity index (χ0v) is 23.2. The third-order valence-electron chi connectivity index (χ3n) is 5.52. The number of allylic oxidation sites excluding steroid dienone is 9. The van der Waals surface area contributed by atoms with Crippen molar-refractivity contribution in [2.24, 2.45) is 7.05 Å². The number of nitrogens with zero attached hydrogens (tertiary/aromatic N) is 2. The van der Waals surface area contributed by atoms with E-state index < -0.39 is 12.1 Å². The predicted molar refractivity (Wildman–Crippen MR) is 147 cm³/mol. The van der Waals surface area contributed by atoms with Gasteiger partial charge in [-0.3, -0.25) is 9.59 Å². The van der Waals surface area contributed by atoms with Gasteiger partial charge in [-0.1, -0.05) is 38.2 Å². The van der Waals surface area contributed by atoms with E-state index >= 15 is 0 Å². The fourth-order valence-electron chi connectivity index (χ4n) is 3.31. The molecule has 8 nitrogen and oxygen atoms in total. The number of rotatable bonds is 8. The van der Waals surface area contributed by atoms with Crippen LogP contribution in [0, 0.1) is 0 Å². The Morgan fingerprint density at radius 1 is 1.05 bits per heavy atom. The molecule has 1 aromatic heterocycles. The average Bonchev–Trinajstić information content (AvgIpc) is 2.91. The van der Waals surface area contributed by atoms with Crippen LogP contribution in [0.25, 0.3) is 6.08 Å². The third kappa shape index (κ3) is 11.6. The van der Waals surface area contributed by atoms with Crippen LogP contribution in [0.4, 0.5) is 13.2 Å². The molecule has 0 unspecified atom stereocenters. The molecule has 0 spiro atoms. The van der Waals surface area contributed by atoms with E-state index in [4.69, 9.17) is 9.90 Å². The summed E-state index contributed by atoms with van der Waals surface area (Å²) in [4.78, 5) is 36.7. The van der Waals surface area contributed by atoms with E-state index in [9.17, 15) is 22.8 Å². The number of carboxylic acid groups (broad SMARTS) is 1. The maximum atomic E-state index is 13.2. The molecule has 2 aliphatic rings. The molecule has 0 atom stereocenters. The minimum atomic E-state index is -5.19. The number of Topliss-reactive ketones (excluding diaryl/α,β-unsaturated/α-hetero) is 1. The second-order valence-electron chi connectivity index (χ2n) is 9.39. The topological polar surface area (TPSA) is 105 Å². The van der Waals surface area contributed by atoms with Gasteiger partial charge in [-0.2, -0.15) is 13.2 Å². The smallest absolute Gasteiger partial charge is 0.430 e. The van der Waals surface area contributed by atoms with E-state index in [1.54, 1.807) is 24.3 Å². The molecule has 1 aromatic rings. The molecule has 0 saturated heterocycles. The summed E-state index contributed by atoms with van der Waals surface area (Å²) in [5.74, 6) is -3.32. The van der Waals surface area contributed by atoms with Gasteiger partial charge in [-0.15, -0.1) is 0 Å². The van der Waals surface area contributed by atoms with Gasteiger partial charge in [-0.25, -0.2) is 4.57 Å². The van der Waals surface area contributed by atoms with Gasteiger partial charge in [0, 0.05) is 67.4 Å². The lowest BCUT2D eigenvalue weighted by Crippen LogP contribution is -2.37. The lowest BCUT2D eigenvalue weighted by atomic mass is 9.92. The highest BCUT2D eigenvalue weighted by molar-refractivity contribution is 6.17. The van der Waals surface area contributed by atoms with Crippen molar-refractivity contribution in [3.63, 3.8) is 0 Å². The number of ketones is 1. The molecule has 11 heteroatoms. The van der Waals surface area contributed by atoms with Gasteiger partial charge in [0.2, 0.25) is 0 Å². The SMILES string of the molecule is CC(C)NCCNC(=O)C1=C/C(=C\C=C2C=CN(C)C=C2)C(=O)C(/C=C/c2cc[n+](C)cc2)=C1.O=C([O-])C(F)(F)F. The largest absolute Gasteiger partial charge is 0.542 e. The Labute approximate surface area is 237 Å². The monoisotopic (exact) mass is 570 g/mol. The van der Waals surface area contributed by atoms with E-state index in [2.05, 4.69) is 24.5 Å². The lowest BCUT2D eigenvalue weighted by molar-refractivity contribution is -0.671. The number of aryl methyl sites for hydroxylation is 1. The molecule has 0 fully saturated rings. The van der Waals surface area contributed by atoms with Crippen LogP contribution in [0.3, 0.4) is 0 Å². The molecule has 2 N–H and O–H groups in total. The van der Waals surface area contributed by atoms with E-state index in [0.717, 1.165) is 11.1 Å². The standard InChI is InChI=1S/C28H32N4O2.C2HF3O2/c1-21(2)29-13-14-30-28(34)26-19-24(7-5-22-9-15-31(3)16-10-22)27(33)25(20-26)8-6-23-11-17-32(4)18-12-23;3-2(4,5)1(6)7/h5-12,15-21,29H,13-14H2,1-4H3;(H,6,7). The van der Waals surface area contributed by atoms with Gasteiger partial charge in [0.25, 0.3) is 5.91 Å². The van der Waals surface area contributed by atoms with Crippen LogP contribution < -0.4 is 20.3 Å². The van der Waals surface area contributed by atoms with Gasteiger partial charge in [0.1, 0.15) is 13.0 Å². The highest BCUT2D eigenvalue weighted by Gasteiger charge is 2.28. The van der Waals surface area contributed by atoms with Crippen LogP contribution in [0.15, 0.2) is 102 Å². The normalized spacial score (nSPS) is 16.0. The lowest BCUT2D eigenvalue weighted by Gasteiger charge is -2.14. The molecule has 41 heavy (non-hydrogen) atoms. The Morgan fingerprint density at radius 3 is 2.22 bits per heavy atom. The van der Waals surface area contributed by atoms with Crippen LogP contribution >= 0.6 is 0 Å². The maximum Gasteiger partial charge on any atom is 0.430 e. The van der Waals surface area contributed by atoms with Crippen LogP contribution in [0.2, 0.25) is 0 Å². The Balaban J connectivity index is 0.000000745. The van der Waals surface area contributed by atoms with Crippen molar-refractivity contribution in [2.45, 2.75) is 26.1 Å². The number of nitrogens with one attached hydrogen (secondary N) is 2. The van der Waals surface area contributed by atoms with Crippen molar-refractivity contribution in [2.75, 3.05) is 20.1 Å². The number of hydrogen-bond donors (Lipinski definition) is 2. The number of halogens is 3. The first kappa shape index (κ1) is 32.7. The Bertz CT molecular complexity index is 1320. The van der Waals surface area contributed by atoms with Crippen molar-refractivity contribution < 1.29 is 37.2 Å². The first-order valence-corrected chi connectivity index (χ1v) is 12.7. The van der Waals surface area contributed by atoms with Gasteiger partial charge in [-0.05, 0) is 35.4 Å². The summed E-state index contributed by atoms with van der Waals surface area (Å²) in [6, 6.07) is 4.29. The molecule has 3 rings (SSSR count). The van der Waals surface area contributed by atoms with E-state index in [1.165, 1.54) is 0 Å². The van der Waals surface area contributed by atoms with Crippen LogP contribution in [-0.4, -0.2) is 54.9 Å². The summed E-state index contributed by atoms with van der Waals surface area (Å²) >= 11 is 0. The summed E-state index contributed by atoms with van der Waals surface area (Å²) in [5, 5.41) is 15.0. The molecular weight excluding hydrogens is 537 g/mol. The fraction of sp³-hybridized carbons (Fsp3) is 0.267. The van der Waals surface area contributed by atoms with Crippen molar-refractivity contribution >= 4 is 23.7 Å². The van der Waals surface area contributed by atoms with Crippen molar-refractivity contribution in [3.05, 3.63) is 107 Å². The second kappa shape index (κ2) is 15.3. The number of carbonyl (C=O) groups is 3.